The molecule has 0 unspecified atom stereocenters. The van der Waals surface area contributed by atoms with Crippen molar-refractivity contribution in [3.8, 4) is 69.8 Å². The molecule has 0 fully saturated rings. The zero-order valence-corrected chi connectivity index (χ0v) is 23.5. The SMILES string of the molecule is ClCCl.N#Cc1nc(-c2ccc[nH]2)c(-c2ccc[nH]2)nc1C#N.N#Cc1nc(-c2ccc[nH]2)c(-c2ccc[nH]2)nc1C#N. The highest BCUT2D eigenvalue weighted by atomic mass is 35.5. The van der Waals surface area contributed by atoms with Crippen molar-refractivity contribution >= 4 is 23.2 Å². The Hall–Kier alpha value is -6.18. The number of hydrogen-bond acceptors (Lipinski definition) is 8. The van der Waals surface area contributed by atoms with Gasteiger partial charge in [-0.2, -0.15) is 21.0 Å². The van der Waals surface area contributed by atoms with E-state index >= 15 is 0 Å². The van der Waals surface area contributed by atoms with Gasteiger partial charge in [-0.15, -0.1) is 23.2 Å². The molecule has 0 atom stereocenters. The minimum absolute atomic E-state index is 0.0207. The third kappa shape index (κ3) is 6.77. The number of H-pyrrole nitrogens is 4. The van der Waals surface area contributed by atoms with Crippen LogP contribution in [0, 0.1) is 45.3 Å². The summed E-state index contributed by atoms with van der Waals surface area (Å²) in [4.78, 5) is 29.2. The molecule has 0 saturated carbocycles. The highest BCUT2D eigenvalue weighted by Crippen LogP contribution is 2.29. The van der Waals surface area contributed by atoms with Crippen molar-refractivity contribution in [1.82, 2.24) is 39.9 Å². The van der Waals surface area contributed by atoms with E-state index in [2.05, 4.69) is 39.9 Å². The fourth-order valence-corrected chi connectivity index (χ4v) is 3.84. The summed E-state index contributed by atoms with van der Waals surface area (Å²) in [6.07, 6.45) is 7.05. The molecule has 0 amide bonds. The van der Waals surface area contributed by atoms with Gasteiger partial charge < -0.3 is 19.9 Å². The van der Waals surface area contributed by atoms with Crippen LogP contribution in [0.1, 0.15) is 22.8 Å². The van der Waals surface area contributed by atoms with E-state index in [1.807, 2.05) is 72.8 Å². The first-order chi connectivity index (χ1) is 21.1. The van der Waals surface area contributed by atoms with E-state index in [1.165, 1.54) is 0 Å². The predicted octanol–water partition coefficient (Wildman–Crippen LogP) is 5.84. The first-order valence-corrected chi connectivity index (χ1v) is 13.3. The summed E-state index contributed by atoms with van der Waals surface area (Å²) in [5.41, 5.74) is 5.18. The highest BCUT2D eigenvalue weighted by molar-refractivity contribution is 6.40. The molecule has 208 valence electrons. The van der Waals surface area contributed by atoms with Gasteiger partial charge in [-0.25, -0.2) is 19.9 Å². The molecular weight excluding hydrogens is 587 g/mol. The summed E-state index contributed by atoms with van der Waals surface area (Å²) in [6.45, 7) is 0. The number of nitrogens with one attached hydrogen (secondary N) is 4. The van der Waals surface area contributed by atoms with E-state index in [0.717, 1.165) is 22.8 Å². The molecule has 6 rings (SSSR count). The quantitative estimate of drug-likeness (QED) is 0.179. The summed E-state index contributed by atoms with van der Waals surface area (Å²) in [5.74, 6) is 0. The summed E-state index contributed by atoms with van der Waals surface area (Å²) >= 11 is 9.53. The maximum absolute atomic E-state index is 9.07. The number of rotatable bonds is 4. The van der Waals surface area contributed by atoms with Gasteiger partial charge in [-0.3, -0.25) is 0 Å². The van der Waals surface area contributed by atoms with Gasteiger partial charge >= 0.3 is 0 Å². The molecule has 14 heteroatoms. The van der Waals surface area contributed by atoms with Crippen molar-refractivity contribution in [3.05, 3.63) is 96.1 Å². The Kier molecular flexibility index (Phi) is 10.0. The number of nitrogens with zero attached hydrogens (tertiary/aromatic N) is 8. The fourth-order valence-electron chi connectivity index (χ4n) is 3.84. The Bertz CT molecular complexity index is 1660. The molecule has 6 aromatic heterocycles. The molecule has 0 aliphatic rings. The standard InChI is InChI=1S/2C14H8N6.CH2Cl2/c2*15-7-11-12(8-16)20-14(10-4-2-6-18-10)13(19-11)9-3-1-5-17-9;2-1-3/h2*1-6,17-18H;1H2. The van der Waals surface area contributed by atoms with Crippen LogP contribution in [0.3, 0.4) is 0 Å². The van der Waals surface area contributed by atoms with Crippen molar-refractivity contribution in [3.63, 3.8) is 0 Å². The van der Waals surface area contributed by atoms with Crippen LogP contribution >= 0.6 is 23.2 Å². The lowest BCUT2D eigenvalue weighted by atomic mass is 10.1. The van der Waals surface area contributed by atoms with Crippen molar-refractivity contribution < 1.29 is 0 Å². The third-order valence-electron chi connectivity index (χ3n) is 5.63. The molecule has 0 aliphatic carbocycles. The molecule has 4 N–H and O–H groups in total. The van der Waals surface area contributed by atoms with Gasteiger partial charge in [0.1, 0.15) is 47.1 Å². The van der Waals surface area contributed by atoms with Crippen LogP contribution in [0.25, 0.3) is 45.6 Å². The number of alkyl halides is 2. The van der Waals surface area contributed by atoms with Gasteiger partial charge in [0.15, 0.2) is 22.8 Å². The fraction of sp³-hybridized carbons (Fsp3) is 0.0345. The number of aromatic amines is 4. The van der Waals surface area contributed by atoms with Gasteiger partial charge in [0, 0.05) is 24.8 Å². The second-order valence-corrected chi connectivity index (χ2v) is 8.93. The highest BCUT2D eigenvalue weighted by Gasteiger charge is 2.18. The average Bonchev–Trinajstić information content (AvgIpc) is 3.88. The summed E-state index contributed by atoms with van der Waals surface area (Å²) < 4.78 is 0. The van der Waals surface area contributed by atoms with Gasteiger partial charge in [0.25, 0.3) is 0 Å². The Morgan fingerprint density at radius 2 is 0.674 bits per heavy atom. The van der Waals surface area contributed by atoms with Crippen LogP contribution in [0.4, 0.5) is 0 Å². The molecule has 0 bridgehead atoms. The largest absolute Gasteiger partial charge is 0.360 e. The van der Waals surface area contributed by atoms with E-state index < -0.39 is 0 Å². The summed E-state index contributed by atoms with van der Waals surface area (Å²) in [7, 11) is 0. The van der Waals surface area contributed by atoms with Crippen LogP contribution in [0.5, 0.6) is 0 Å². The Morgan fingerprint density at radius 3 is 0.814 bits per heavy atom. The smallest absolute Gasteiger partial charge is 0.177 e. The third-order valence-corrected chi connectivity index (χ3v) is 5.63. The van der Waals surface area contributed by atoms with E-state index in [1.54, 1.807) is 24.8 Å². The maximum Gasteiger partial charge on any atom is 0.177 e. The second-order valence-electron chi connectivity index (χ2n) is 8.12. The lowest BCUT2D eigenvalue weighted by molar-refractivity contribution is 1.12. The molecular formula is C29H18Cl2N12. The zero-order chi connectivity index (χ0) is 30.6. The average molecular weight is 605 g/mol. The summed E-state index contributed by atoms with van der Waals surface area (Å²) in [5, 5.41) is 36.5. The number of aromatic nitrogens is 8. The van der Waals surface area contributed by atoms with Crippen LogP contribution in [-0.2, 0) is 0 Å². The molecule has 6 heterocycles. The zero-order valence-electron chi connectivity index (χ0n) is 22.0. The van der Waals surface area contributed by atoms with Crippen LogP contribution < -0.4 is 0 Å². The van der Waals surface area contributed by atoms with Gasteiger partial charge in [-0.05, 0) is 48.5 Å². The molecule has 0 aromatic carbocycles. The molecule has 43 heavy (non-hydrogen) atoms. The number of nitriles is 4. The van der Waals surface area contributed by atoms with Crippen LogP contribution in [0.15, 0.2) is 73.3 Å². The normalized spacial score (nSPS) is 9.63. The van der Waals surface area contributed by atoms with Crippen molar-refractivity contribution in [2.45, 2.75) is 0 Å². The first-order valence-electron chi connectivity index (χ1n) is 12.2. The van der Waals surface area contributed by atoms with Crippen molar-refractivity contribution in [2.24, 2.45) is 0 Å². The minimum atomic E-state index is 0.0207. The van der Waals surface area contributed by atoms with E-state index in [-0.39, 0.29) is 28.1 Å². The van der Waals surface area contributed by atoms with E-state index in [0.29, 0.717) is 22.8 Å². The topological polar surface area (TPSA) is 210 Å². The van der Waals surface area contributed by atoms with E-state index in [4.69, 9.17) is 44.2 Å². The molecule has 6 aromatic rings. The minimum Gasteiger partial charge on any atom is -0.360 e. The van der Waals surface area contributed by atoms with Gasteiger partial charge in [-0.1, -0.05) is 0 Å². The Morgan fingerprint density at radius 1 is 0.465 bits per heavy atom. The van der Waals surface area contributed by atoms with Crippen molar-refractivity contribution in [2.75, 3.05) is 5.34 Å². The van der Waals surface area contributed by atoms with Crippen LogP contribution in [-0.4, -0.2) is 45.2 Å². The van der Waals surface area contributed by atoms with Crippen molar-refractivity contribution in [1.29, 1.82) is 21.0 Å². The maximum atomic E-state index is 9.07. The number of halogens is 2. The Labute approximate surface area is 254 Å². The van der Waals surface area contributed by atoms with E-state index in [9.17, 15) is 0 Å². The molecule has 0 saturated heterocycles. The van der Waals surface area contributed by atoms with Crippen LogP contribution in [0.2, 0.25) is 0 Å². The molecule has 0 radical (unpaired) electrons. The lowest BCUT2D eigenvalue weighted by Crippen LogP contribution is -2.01. The molecule has 0 spiro atoms. The monoisotopic (exact) mass is 604 g/mol. The van der Waals surface area contributed by atoms with Gasteiger partial charge in [0.05, 0.1) is 28.1 Å². The number of hydrogen-bond donors (Lipinski definition) is 4. The lowest BCUT2D eigenvalue weighted by Gasteiger charge is -2.06. The first kappa shape index (κ1) is 29.8. The molecule has 12 nitrogen and oxygen atoms in total. The predicted molar refractivity (Wildman–Crippen MR) is 159 cm³/mol. The van der Waals surface area contributed by atoms with Gasteiger partial charge in [0.2, 0.25) is 0 Å². The summed E-state index contributed by atoms with van der Waals surface area (Å²) in [6, 6.07) is 22.3. The Balaban J connectivity index is 0.000000181. The second kappa shape index (κ2) is 14.5. The molecule has 0 aliphatic heterocycles.